The molecule has 0 bridgehead atoms. The molecular weight excluding hydrogens is 679 g/mol. The second-order valence-corrected chi connectivity index (χ2v) is 19.7. The van der Waals surface area contributed by atoms with Crippen LogP contribution in [0.3, 0.4) is 0 Å². The van der Waals surface area contributed by atoms with Crippen LogP contribution in [0.25, 0.3) is 0 Å². The van der Waals surface area contributed by atoms with Crippen molar-refractivity contribution in [3.63, 3.8) is 0 Å². The molecule has 0 aromatic heterocycles. The van der Waals surface area contributed by atoms with Gasteiger partial charge in [0.25, 0.3) is 5.91 Å². The Morgan fingerprint density at radius 3 is 2.42 bits per heavy atom. The zero-order valence-corrected chi connectivity index (χ0v) is 31.4. The Bertz CT molecular complexity index is 1870. The number of hydrogen-bond acceptors (Lipinski definition) is 8. The van der Waals surface area contributed by atoms with Gasteiger partial charge in [0.15, 0.2) is 11.8 Å². The molecule has 4 aliphatic rings. The number of carbonyl (C=O) groups excluding carboxylic acids is 4. The van der Waals surface area contributed by atoms with Gasteiger partial charge < -0.3 is 29.1 Å². The topological polar surface area (TPSA) is 126 Å². The monoisotopic (exact) mass is 725 g/mol. The summed E-state index contributed by atoms with van der Waals surface area (Å²) in [4.78, 5) is 59.2. The number of benzene rings is 3. The van der Waals surface area contributed by atoms with E-state index in [1.54, 1.807) is 23.0 Å². The van der Waals surface area contributed by atoms with Crippen LogP contribution in [-0.2, 0) is 40.8 Å². The molecule has 274 valence electrons. The van der Waals surface area contributed by atoms with Crippen molar-refractivity contribution in [2.45, 2.75) is 88.7 Å². The second kappa shape index (κ2) is 13.8. The lowest BCUT2D eigenvalue weighted by molar-refractivity contribution is -0.154. The maximum absolute atomic E-state index is 15.2. The van der Waals surface area contributed by atoms with Gasteiger partial charge in [-0.05, 0) is 54.3 Å². The van der Waals surface area contributed by atoms with Crippen molar-refractivity contribution in [2.75, 3.05) is 30.1 Å². The largest absolute Gasteiger partial charge is 0.497 e. The number of likely N-dealkylation sites (tertiary alicyclic amines) is 1. The number of hydrogen-bond donors (Lipinski definition) is 1. The molecule has 12 heteroatoms. The molecule has 7 rings (SSSR count). The predicted octanol–water partition coefficient (Wildman–Crippen LogP) is 4.46. The summed E-state index contributed by atoms with van der Waals surface area (Å²) in [5, 5.41) is 11.2. The maximum Gasteiger partial charge on any atom is 0.304 e. The number of aliphatic hydroxyl groups is 1. The van der Waals surface area contributed by atoms with Gasteiger partial charge in [-0.2, -0.15) is 0 Å². The Labute approximate surface area is 305 Å². The number of ether oxygens (including phenoxy) is 3. The van der Waals surface area contributed by atoms with E-state index in [4.69, 9.17) is 14.2 Å². The molecule has 3 fully saturated rings. The summed E-state index contributed by atoms with van der Waals surface area (Å²) >= 11 is 0. The van der Waals surface area contributed by atoms with Crippen molar-refractivity contribution in [1.82, 2.24) is 4.90 Å². The van der Waals surface area contributed by atoms with Crippen LogP contribution in [-0.4, -0.2) is 80.4 Å². The van der Waals surface area contributed by atoms with E-state index in [2.05, 4.69) is 32.2 Å². The molecule has 4 heterocycles. The van der Waals surface area contributed by atoms with Crippen molar-refractivity contribution in [3.8, 4) is 5.75 Å². The highest BCUT2D eigenvalue weighted by atomic mass is 28.3. The molecule has 1 unspecified atom stereocenters. The number of fused-ring (bicyclic) bond motifs is 2. The number of aliphatic hydroxyl groups excluding tert-OH is 1. The number of esters is 1. The van der Waals surface area contributed by atoms with Gasteiger partial charge in [-0.3, -0.25) is 24.1 Å². The first-order valence-electron chi connectivity index (χ1n) is 18.1. The smallest absolute Gasteiger partial charge is 0.304 e. The van der Waals surface area contributed by atoms with Gasteiger partial charge in [0.05, 0.1) is 59.0 Å². The van der Waals surface area contributed by atoms with E-state index in [-0.39, 0.29) is 54.7 Å². The second-order valence-electron chi connectivity index (χ2n) is 15.0. The van der Waals surface area contributed by atoms with E-state index in [0.717, 1.165) is 29.3 Å². The summed E-state index contributed by atoms with van der Waals surface area (Å²) < 4.78 is 18.1. The number of methoxy groups -OCH3 is 1. The Balaban J connectivity index is 1.35. The lowest BCUT2D eigenvalue weighted by Gasteiger charge is -2.39. The summed E-state index contributed by atoms with van der Waals surface area (Å²) in [5.41, 5.74) is 1.12. The molecular formula is C40H47N3O8Si. The first-order chi connectivity index (χ1) is 24.9. The lowest BCUT2D eigenvalue weighted by atomic mass is 9.82. The zero-order valence-electron chi connectivity index (χ0n) is 30.4. The van der Waals surface area contributed by atoms with E-state index in [9.17, 15) is 19.5 Å². The Morgan fingerprint density at radius 1 is 1.04 bits per heavy atom. The highest BCUT2D eigenvalue weighted by Crippen LogP contribution is 2.61. The lowest BCUT2D eigenvalue weighted by Crippen LogP contribution is -2.55. The zero-order chi connectivity index (χ0) is 36.9. The third-order valence-electron chi connectivity index (χ3n) is 11.8. The van der Waals surface area contributed by atoms with Gasteiger partial charge in [0, 0.05) is 30.6 Å². The summed E-state index contributed by atoms with van der Waals surface area (Å²) in [6.45, 7) is 8.70. The molecule has 4 aliphatic heterocycles. The molecule has 1 spiro atoms. The van der Waals surface area contributed by atoms with E-state index in [0.29, 0.717) is 30.0 Å². The molecule has 3 aromatic carbocycles. The minimum absolute atomic E-state index is 0.0694. The average molecular weight is 726 g/mol. The van der Waals surface area contributed by atoms with Crippen LogP contribution in [0, 0.1) is 5.92 Å². The van der Waals surface area contributed by atoms with Crippen LogP contribution >= 0.6 is 0 Å². The Hall–Kier alpha value is -4.52. The molecule has 3 aromatic rings. The highest BCUT2D eigenvalue weighted by molar-refractivity contribution is 6.91. The fourth-order valence-electron chi connectivity index (χ4n) is 9.20. The van der Waals surface area contributed by atoms with Crippen molar-refractivity contribution >= 4 is 48.3 Å². The number of nitrogens with zero attached hydrogens (tertiary/aromatic N) is 3. The van der Waals surface area contributed by atoms with Gasteiger partial charge in [-0.25, -0.2) is 0 Å². The van der Waals surface area contributed by atoms with E-state index >= 15 is 4.79 Å². The van der Waals surface area contributed by atoms with Crippen molar-refractivity contribution in [3.05, 3.63) is 83.9 Å². The summed E-state index contributed by atoms with van der Waals surface area (Å²) in [6, 6.07) is 23.1. The normalized spacial score (nSPS) is 26.9. The summed E-state index contributed by atoms with van der Waals surface area (Å²) in [6.07, 6.45) is 0.370. The van der Waals surface area contributed by atoms with Crippen LogP contribution < -0.4 is 19.7 Å². The van der Waals surface area contributed by atoms with Gasteiger partial charge in [-0.15, -0.1) is 0 Å². The van der Waals surface area contributed by atoms with Gasteiger partial charge in [0.2, 0.25) is 11.8 Å². The molecule has 0 saturated carbocycles. The van der Waals surface area contributed by atoms with Gasteiger partial charge >= 0.3 is 5.97 Å². The molecule has 0 aliphatic carbocycles. The van der Waals surface area contributed by atoms with Crippen LogP contribution in [0.4, 0.5) is 11.4 Å². The van der Waals surface area contributed by atoms with Crippen LogP contribution in [0.1, 0.15) is 50.7 Å². The van der Waals surface area contributed by atoms with E-state index < -0.39 is 32.0 Å². The molecule has 3 amide bonds. The standard InChI is InChI=1S/C40H47N3O8Si/c1-25-38(52(4,5)31-16-14-30(49-3)15-17-31)34(21-35(46)41-19-9-12-29(41)24-44)51-40(25)32-20-28(43-36(47)22-37(43)50-26(2)45)13-18-33(32)42(39(40)48)23-27-10-7-6-8-11-27/h6-8,10-11,13-18,20,25,29,34,37-38,44H,9,12,19,21-24H2,1-5H3/t25-,29+,34+,37?,38-,40+/m1/s1. The summed E-state index contributed by atoms with van der Waals surface area (Å²) in [7, 11) is -0.912. The number of anilines is 2. The van der Waals surface area contributed by atoms with Crippen LogP contribution in [0.5, 0.6) is 5.75 Å². The average Bonchev–Trinajstić information content (AvgIpc) is 3.79. The molecule has 52 heavy (non-hydrogen) atoms. The molecule has 1 N–H and O–H groups in total. The first-order valence-corrected chi connectivity index (χ1v) is 21.2. The van der Waals surface area contributed by atoms with E-state index in [1.165, 1.54) is 11.8 Å². The fourth-order valence-corrected chi connectivity index (χ4v) is 13.2. The Kier molecular flexibility index (Phi) is 9.51. The Morgan fingerprint density at radius 2 is 1.77 bits per heavy atom. The molecule has 6 atom stereocenters. The van der Waals surface area contributed by atoms with Crippen molar-refractivity contribution in [1.29, 1.82) is 0 Å². The number of carbonyl (C=O) groups is 4. The van der Waals surface area contributed by atoms with E-state index in [1.807, 2.05) is 54.6 Å². The third kappa shape index (κ3) is 5.90. The SMILES string of the molecule is COc1ccc([Si](C)(C)[C@H]2[C@H](CC(=O)N3CCC[C@H]3CO)O[C@@]3(C(=O)N(Cc4ccccc4)c4ccc(N5C(=O)CC5OC(C)=O)cc43)[C@@H]2C)cc1. The van der Waals surface area contributed by atoms with Crippen LogP contribution in [0.2, 0.25) is 18.6 Å². The molecule has 11 nitrogen and oxygen atoms in total. The van der Waals surface area contributed by atoms with Gasteiger partial charge in [-0.1, -0.05) is 67.7 Å². The number of amides is 3. The fraction of sp³-hybridized carbons (Fsp3) is 0.450. The minimum atomic E-state index is -2.55. The van der Waals surface area contributed by atoms with Crippen LogP contribution in [0.15, 0.2) is 72.8 Å². The minimum Gasteiger partial charge on any atom is -0.497 e. The highest BCUT2D eigenvalue weighted by Gasteiger charge is 2.67. The number of rotatable bonds is 10. The first kappa shape index (κ1) is 35.9. The molecule has 0 radical (unpaired) electrons. The molecule has 3 saturated heterocycles. The van der Waals surface area contributed by atoms with Crippen molar-refractivity contribution in [2.24, 2.45) is 5.92 Å². The predicted molar refractivity (Wildman–Crippen MR) is 198 cm³/mol. The maximum atomic E-state index is 15.2. The third-order valence-corrected chi connectivity index (χ3v) is 16.1. The van der Waals surface area contributed by atoms with Gasteiger partial charge in [0.1, 0.15) is 5.75 Å². The number of β-lactam (4-membered cyclic amide) rings is 1. The van der Waals surface area contributed by atoms with Crippen molar-refractivity contribution < 1.29 is 38.5 Å². The summed E-state index contributed by atoms with van der Waals surface area (Å²) in [5.74, 6) is -0.611. The quantitative estimate of drug-likeness (QED) is 0.185.